The van der Waals surface area contributed by atoms with Crippen LogP contribution in [0.3, 0.4) is 0 Å². The van der Waals surface area contributed by atoms with Crippen molar-refractivity contribution in [3.8, 4) is 0 Å². The number of ether oxygens (including phenoxy) is 1. The lowest BCUT2D eigenvalue weighted by molar-refractivity contribution is -0.115. The number of aromatic nitrogens is 1. The summed E-state index contributed by atoms with van der Waals surface area (Å²) in [5.41, 5.74) is 2.85. The van der Waals surface area contributed by atoms with Crippen LogP contribution in [-0.4, -0.2) is 56.3 Å². The standard InChI is InChI=1S/C26H33ClFN3O4S/c1-36(33,34)30-26(32)22-12-21(17-2-3-17)25(13-23(22)28)35-15-16-6-8-31(9-7-16)14-20-10-19(27)11-24(29-20)18-4-5-18/h10-12,16-18,25H,2-9,13-15H2,1H3,(H,30,32). The molecule has 0 spiro atoms. The Morgan fingerprint density at radius 1 is 1.17 bits per heavy atom. The molecule has 1 atom stereocenters. The quantitative estimate of drug-likeness (QED) is 0.506. The first kappa shape index (κ1) is 25.8. The molecule has 1 aromatic heterocycles. The average molecular weight is 538 g/mol. The number of piperidine rings is 1. The Balaban J connectivity index is 1.13. The van der Waals surface area contributed by atoms with E-state index in [1.165, 1.54) is 18.9 Å². The van der Waals surface area contributed by atoms with Crippen LogP contribution < -0.4 is 4.72 Å². The molecule has 1 saturated heterocycles. The molecule has 4 aliphatic rings. The van der Waals surface area contributed by atoms with E-state index in [1.54, 1.807) is 0 Å². The number of rotatable bonds is 9. The van der Waals surface area contributed by atoms with Crippen LogP contribution in [0.1, 0.15) is 62.3 Å². The van der Waals surface area contributed by atoms with Crippen molar-refractivity contribution in [3.05, 3.63) is 51.6 Å². The van der Waals surface area contributed by atoms with E-state index in [0.717, 1.165) is 73.6 Å². The molecular formula is C26H33ClFN3O4S. The van der Waals surface area contributed by atoms with Crippen molar-refractivity contribution in [1.82, 2.24) is 14.6 Å². The number of likely N-dealkylation sites (tertiary alicyclic amines) is 1. The number of carbonyl (C=O) groups excluding carboxylic acids is 1. The molecule has 5 rings (SSSR count). The van der Waals surface area contributed by atoms with E-state index >= 15 is 0 Å². The van der Waals surface area contributed by atoms with Gasteiger partial charge in [0.1, 0.15) is 5.83 Å². The summed E-state index contributed by atoms with van der Waals surface area (Å²) >= 11 is 6.32. The second kappa shape index (κ2) is 10.5. The summed E-state index contributed by atoms with van der Waals surface area (Å²) in [7, 11) is -3.76. The van der Waals surface area contributed by atoms with Crippen LogP contribution >= 0.6 is 11.6 Å². The Bertz CT molecular complexity index is 1190. The SMILES string of the molecule is CS(=O)(=O)NC(=O)C1=C(F)CC(OCC2CCN(Cc3cc(Cl)cc(C4CC4)n3)CC2)C(C2CC2)=C1. The minimum absolute atomic E-state index is 0.0303. The van der Waals surface area contributed by atoms with E-state index < -0.39 is 27.9 Å². The maximum atomic E-state index is 14.8. The minimum atomic E-state index is -3.76. The zero-order chi connectivity index (χ0) is 25.4. The predicted octanol–water partition coefficient (Wildman–Crippen LogP) is 4.25. The molecule has 1 amide bonds. The maximum absolute atomic E-state index is 14.8. The first-order valence-corrected chi connectivity index (χ1v) is 15.0. The van der Waals surface area contributed by atoms with Gasteiger partial charge >= 0.3 is 0 Å². The fourth-order valence-electron chi connectivity index (χ4n) is 5.13. The minimum Gasteiger partial charge on any atom is -0.373 e. The fraction of sp³-hybridized carbons (Fsp3) is 0.615. The van der Waals surface area contributed by atoms with Gasteiger partial charge in [-0.25, -0.2) is 17.5 Å². The third kappa shape index (κ3) is 6.73. The molecule has 3 fully saturated rings. The van der Waals surface area contributed by atoms with Crippen molar-refractivity contribution in [3.63, 3.8) is 0 Å². The highest BCUT2D eigenvalue weighted by Crippen LogP contribution is 2.44. The van der Waals surface area contributed by atoms with E-state index in [2.05, 4.69) is 4.90 Å². The Morgan fingerprint density at radius 2 is 1.86 bits per heavy atom. The molecule has 3 aliphatic carbocycles. The molecule has 1 N–H and O–H groups in total. The molecule has 2 heterocycles. The molecule has 1 unspecified atom stereocenters. The van der Waals surface area contributed by atoms with Crippen LogP contribution in [0.15, 0.2) is 35.2 Å². The van der Waals surface area contributed by atoms with Gasteiger partial charge in [-0.1, -0.05) is 11.6 Å². The molecule has 196 valence electrons. The summed E-state index contributed by atoms with van der Waals surface area (Å²) in [6.45, 7) is 3.23. The van der Waals surface area contributed by atoms with Gasteiger partial charge in [0.2, 0.25) is 10.0 Å². The second-order valence-corrected chi connectivity index (χ2v) is 12.8. The van der Waals surface area contributed by atoms with Crippen molar-refractivity contribution in [2.45, 2.75) is 63.5 Å². The zero-order valence-electron chi connectivity index (χ0n) is 20.5. The van der Waals surface area contributed by atoms with Crippen LogP contribution in [-0.2, 0) is 26.1 Å². The van der Waals surface area contributed by atoms with Crippen molar-refractivity contribution in [1.29, 1.82) is 0 Å². The van der Waals surface area contributed by atoms with Gasteiger partial charge in [0, 0.05) is 29.6 Å². The summed E-state index contributed by atoms with van der Waals surface area (Å²) in [6.07, 6.45) is 8.30. The number of nitrogens with zero attached hydrogens (tertiary/aromatic N) is 2. The molecular weight excluding hydrogens is 505 g/mol. The molecule has 1 aromatic rings. The highest BCUT2D eigenvalue weighted by atomic mass is 35.5. The number of sulfonamides is 1. The summed E-state index contributed by atoms with van der Waals surface area (Å²) in [5, 5.41) is 0.760. The van der Waals surface area contributed by atoms with Crippen molar-refractivity contribution < 1.29 is 22.3 Å². The Hall–Kier alpha value is -1.81. The number of hydrogen-bond donors (Lipinski definition) is 1. The molecule has 0 bridgehead atoms. The maximum Gasteiger partial charge on any atom is 0.267 e. The summed E-state index contributed by atoms with van der Waals surface area (Å²) in [5.74, 6) is -0.309. The van der Waals surface area contributed by atoms with Gasteiger partial charge in [-0.15, -0.1) is 0 Å². The second-order valence-electron chi connectivity index (χ2n) is 10.7. The topological polar surface area (TPSA) is 88.6 Å². The summed E-state index contributed by atoms with van der Waals surface area (Å²) < 4.78 is 45.7. The summed E-state index contributed by atoms with van der Waals surface area (Å²) in [6, 6.07) is 3.95. The van der Waals surface area contributed by atoms with E-state index in [-0.39, 0.29) is 17.9 Å². The van der Waals surface area contributed by atoms with E-state index in [1.807, 2.05) is 16.9 Å². The van der Waals surface area contributed by atoms with Crippen LogP contribution in [0.2, 0.25) is 5.02 Å². The van der Waals surface area contributed by atoms with Crippen molar-refractivity contribution in [2.24, 2.45) is 11.8 Å². The molecule has 1 aliphatic heterocycles. The van der Waals surface area contributed by atoms with Gasteiger partial charge in [0.15, 0.2) is 0 Å². The van der Waals surface area contributed by atoms with E-state index in [4.69, 9.17) is 21.3 Å². The van der Waals surface area contributed by atoms with E-state index in [9.17, 15) is 17.6 Å². The zero-order valence-corrected chi connectivity index (χ0v) is 22.1. The predicted molar refractivity (Wildman–Crippen MR) is 136 cm³/mol. The van der Waals surface area contributed by atoms with Crippen LogP contribution in [0.25, 0.3) is 0 Å². The number of halogens is 2. The molecule has 7 nitrogen and oxygen atoms in total. The van der Waals surface area contributed by atoms with Crippen LogP contribution in [0.5, 0.6) is 0 Å². The largest absolute Gasteiger partial charge is 0.373 e. The fourth-order valence-corrected chi connectivity index (χ4v) is 5.81. The monoisotopic (exact) mass is 537 g/mol. The van der Waals surface area contributed by atoms with Crippen molar-refractivity contribution >= 4 is 27.5 Å². The van der Waals surface area contributed by atoms with Gasteiger partial charge in [0.05, 0.1) is 30.2 Å². The lowest BCUT2D eigenvalue weighted by Gasteiger charge is -2.33. The van der Waals surface area contributed by atoms with E-state index in [0.29, 0.717) is 18.4 Å². The lowest BCUT2D eigenvalue weighted by Crippen LogP contribution is -2.36. The third-order valence-corrected chi connectivity index (χ3v) is 8.17. The first-order chi connectivity index (χ1) is 17.1. The van der Waals surface area contributed by atoms with Gasteiger partial charge < -0.3 is 4.74 Å². The molecule has 36 heavy (non-hydrogen) atoms. The van der Waals surface area contributed by atoms with Crippen LogP contribution in [0.4, 0.5) is 4.39 Å². The lowest BCUT2D eigenvalue weighted by atomic mass is 9.91. The van der Waals surface area contributed by atoms with Gasteiger partial charge in [-0.05, 0) is 87.2 Å². The van der Waals surface area contributed by atoms with Crippen LogP contribution in [0, 0.1) is 11.8 Å². The van der Waals surface area contributed by atoms with Gasteiger partial charge in [-0.3, -0.25) is 14.7 Å². The Morgan fingerprint density at radius 3 is 2.50 bits per heavy atom. The number of carbonyl (C=O) groups is 1. The normalized spacial score (nSPS) is 24.1. The number of amides is 1. The summed E-state index contributed by atoms with van der Waals surface area (Å²) in [4.78, 5) is 19.5. The highest BCUT2D eigenvalue weighted by molar-refractivity contribution is 7.89. The Kier molecular flexibility index (Phi) is 7.54. The highest BCUT2D eigenvalue weighted by Gasteiger charge is 2.37. The Labute approximate surface area is 217 Å². The molecule has 2 saturated carbocycles. The number of nitrogens with one attached hydrogen (secondary N) is 1. The van der Waals surface area contributed by atoms with Crippen molar-refractivity contribution in [2.75, 3.05) is 26.0 Å². The van der Waals surface area contributed by atoms with Gasteiger partial charge in [-0.2, -0.15) is 0 Å². The first-order valence-electron chi connectivity index (χ1n) is 12.8. The third-order valence-electron chi connectivity index (χ3n) is 7.40. The smallest absolute Gasteiger partial charge is 0.267 e. The number of pyridine rings is 1. The van der Waals surface area contributed by atoms with Gasteiger partial charge in [0.25, 0.3) is 5.91 Å². The molecule has 10 heteroatoms. The average Bonchev–Trinajstić information content (AvgIpc) is 3.70. The molecule has 0 radical (unpaired) electrons. The molecule has 0 aromatic carbocycles. The number of hydrogen-bond acceptors (Lipinski definition) is 6.